The van der Waals surface area contributed by atoms with E-state index in [0.717, 1.165) is 56.5 Å². The van der Waals surface area contributed by atoms with Gasteiger partial charge in [0.25, 0.3) is 0 Å². The third-order valence-corrected chi connectivity index (χ3v) is 5.26. The Hall–Kier alpha value is -1.47. The topological polar surface area (TPSA) is 48.8 Å². The summed E-state index contributed by atoms with van der Waals surface area (Å²) in [6.45, 7) is 5.13. The Labute approximate surface area is 147 Å². The van der Waals surface area contributed by atoms with Crippen molar-refractivity contribution in [3.8, 4) is 0 Å². The van der Waals surface area contributed by atoms with Gasteiger partial charge in [0.05, 0.1) is 19.3 Å². The lowest BCUT2D eigenvalue weighted by molar-refractivity contribution is 0.122. The molecule has 1 aromatic carbocycles. The Kier molecular flexibility index (Phi) is 6.20. The van der Waals surface area contributed by atoms with Crippen molar-refractivity contribution in [2.24, 2.45) is 0 Å². The van der Waals surface area contributed by atoms with Gasteiger partial charge in [-0.1, -0.05) is 30.3 Å². The molecule has 0 amide bonds. The number of rotatable bonds is 7. The van der Waals surface area contributed by atoms with Crippen LogP contribution >= 0.6 is 11.3 Å². The molecule has 1 unspecified atom stereocenters. The van der Waals surface area contributed by atoms with Gasteiger partial charge in [-0.3, -0.25) is 0 Å². The highest BCUT2D eigenvalue weighted by Crippen LogP contribution is 2.24. The van der Waals surface area contributed by atoms with Crippen molar-refractivity contribution in [3.05, 3.63) is 47.0 Å². The summed E-state index contributed by atoms with van der Waals surface area (Å²) in [6.07, 6.45) is 2.30. The van der Waals surface area contributed by atoms with Gasteiger partial charge in [-0.05, 0) is 19.0 Å². The molecule has 0 radical (unpaired) electrons. The minimum atomic E-state index is -0.404. The summed E-state index contributed by atoms with van der Waals surface area (Å²) >= 11 is 1.75. The summed E-state index contributed by atoms with van der Waals surface area (Å²) in [5.41, 5.74) is 0.985. The maximum atomic E-state index is 10.3. The van der Waals surface area contributed by atoms with Gasteiger partial charge in [-0.15, -0.1) is 11.3 Å². The Morgan fingerprint density at radius 2 is 2.04 bits per heavy atom. The van der Waals surface area contributed by atoms with Crippen molar-refractivity contribution >= 4 is 16.5 Å². The predicted octanol–water partition coefficient (Wildman–Crippen LogP) is 2.54. The maximum Gasteiger partial charge on any atom is 0.185 e. The van der Waals surface area contributed by atoms with Gasteiger partial charge in [0, 0.05) is 37.3 Å². The lowest BCUT2D eigenvalue weighted by Gasteiger charge is -2.26. The minimum absolute atomic E-state index is 0.404. The van der Waals surface area contributed by atoms with E-state index >= 15 is 0 Å². The molecule has 1 N–H and O–H groups in total. The lowest BCUT2D eigenvalue weighted by atomic mass is 10.1. The number of morpholine rings is 1. The highest BCUT2D eigenvalue weighted by Gasteiger charge is 2.15. The summed E-state index contributed by atoms with van der Waals surface area (Å²) in [5, 5.41) is 11.3. The number of aromatic nitrogens is 1. The Morgan fingerprint density at radius 3 is 2.79 bits per heavy atom. The Morgan fingerprint density at radius 1 is 1.29 bits per heavy atom. The van der Waals surface area contributed by atoms with E-state index < -0.39 is 6.10 Å². The largest absolute Gasteiger partial charge is 0.388 e. The summed E-state index contributed by atoms with van der Waals surface area (Å²) in [5.74, 6) is 0. The highest BCUT2D eigenvalue weighted by atomic mass is 32.1. The molecule has 0 aliphatic carbocycles. The molecule has 1 atom stereocenters. The first-order valence-corrected chi connectivity index (χ1v) is 9.23. The van der Waals surface area contributed by atoms with E-state index in [9.17, 15) is 5.11 Å². The van der Waals surface area contributed by atoms with Gasteiger partial charge < -0.3 is 19.6 Å². The first-order chi connectivity index (χ1) is 11.7. The monoisotopic (exact) mass is 347 g/mol. The second-order valence-corrected chi connectivity index (χ2v) is 7.26. The number of hydrogen-bond donors (Lipinski definition) is 1. The van der Waals surface area contributed by atoms with Crippen molar-refractivity contribution in [1.29, 1.82) is 0 Å². The van der Waals surface area contributed by atoms with Crippen LogP contribution in [-0.4, -0.2) is 54.9 Å². The van der Waals surface area contributed by atoms with Crippen LogP contribution in [0.4, 0.5) is 5.13 Å². The van der Waals surface area contributed by atoms with Crippen molar-refractivity contribution in [2.75, 3.05) is 44.8 Å². The third-order valence-electron chi connectivity index (χ3n) is 4.22. The fourth-order valence-corrected chi connectivity index (χ4v) is 3.84. The molecule has 1 fully saturated rings. The Bertz CT molecular complexity index is 614. The molecule has 2 heterocycles. The molecule has 130 valence electrons. The second kappa shape index (κ2) is 8.58. The number of aliphatic hydroxyl groups is 1. The highest BCUT2D eigenvalue weighted by molar-refractivity contribution is 7.15. The van der Waals surface area contributed by atoms with E-state index in [-0.39, 0.29) is 0 Å². The first-order valence-electron chi connectivity index (χ1n) is 8.41. The number of thiazole rings is 1. The SMILES string of the molecule is CN(CCC(O)c1ccccc1)Cc1cnc(N2CCOCC2)s1. The van der Waals surface area contributed by atoms with E-state index in [1.165, 1.54) is 4.88 Å². The van der Waals surface area contributed by atoms with Crippen LogP contribution in [-0.2, 0) is 11.3 Å². The predicted molar refractivity (Wildman–Crippen MR) is 97.5 cm³/mol. The zero-order valence-electron chi connectivity index (χ0n) is 14.1. The maximum absolute atomic E-state index is 10.3. The molecule has 1 saturated heterocycles. The van der Waals surface area contributed by atoms with E-state index in [0.29, 0.717) is 0 Å². The van der Waals surface area contributed by atoms with E-state index in [1.807, 2.05) is 36.5 Å². The zero-order valence-corrected chi connectivity index (χ0v) is 14.9. The molecule has 0 saturated carbocycles. The van der Waals surface area contributed by atoms with Crippen LogP contribution in [0.5, 0.6) is 0 Å². The van der Waals surface area contributed by atoms with Crippen LogP contribution in [0.2, 0.25) is 0 Å². The molecule has 0 bridgehead atoms. The van der Waals surface area contributed by atoms with Crippen molar-refractivity contribution < 1.29 is 9.84 Å². The molecule has 6 heteroatoms. The van der Waals surface area contributed by atoms with Gasteiger partial charge >= 0.3 is 0 Å². The molecule has 0 spiro atoms. The van der Waals surface area contributed by atoms with Gasteiger partial charge in [-0.25, -0.2) is 4.98 Å². The van der Waals surface area contributed by atoms with Crippen molar-refractivity contribution in [1.82, 2.24) is 9.88 Å². The molecule has 3 rings (SSSR count). The van der Waals surface area contributed by atoms with E-state index in [4.69, 9.17) is 4.74 Å². The fourth-order valence-electron chi connectivity index (χ4n) is 2.80. The van der Waals surface area contributed by atoms with Gasteiger partial charge in [0.1, 0.15) is 0 Å². The number of anilines is 1. The molecular weight excluding hydrogens is 322 g/mol. The summed E-state index contributed by atoms with van der Waals surface area (Å²) in [6, 6.07) is 9.85. The van der Waals surface area contributed by atoms with Crippen LogP contribution in [0, 0.1) is 0 Å². The lowest BCUT2D eigenvalue weighted by Crippen LogP contribution is -2.36. The number of benzene rings is 1. The zero-order chi connectivity index (χ0) is 16.8. The van der Waals surface area contributed by atoms with Gasteiger partial charge in [0.15, 0.2) is 5.13 Å². The summed E-state index contributed by atoms with van der Waals surface area (Å²) in [4.78, 5) is 10.3. The fraction of sp³-hybridized carbons (Fsp3) is 0.500. The Balaban J connectivity index is 1.46. The third kappa shape index (κ3) is 4.77. The van der Waals surface area contributed by atoms with Gasteiger partial charge in [-0.2, -0.15) is 0 Å². The number of nitrogens with zero attached hydrogens (tertiary/aromatic N) is 3. The molecule has 1 aliphatic rings. The molecule has 1 aliphatic heterocycles. The van der Waals surface area contributed by atoms with Crippen LogP contribution in [0.1, 0.15) is 23.0 Å². The normalized spacial score (nSPS) is 16.5. The quantitative estimate of drug-likeness (QED) is 0.834. The number of aliphatic hydroxyl groups excluding tert-OH is 1. The average molecular weight is 347 g/mol. The van der Waals surface area contributed by atoms with Crippen LogP contribution in [0.25, 0.3) is 0 Å². The molecule has 2 aromatic rings. The molecule has 1 aromatic heterocycles. The minimum Gasteiger partial charge on any atom is -0.388 e. The smallest absolute Gasteiger partial charge is 0.185 e. The van der Waals surface area contributed by atoms with E-state index in [2.05, 4.69) is 21.8 Å². The van der Waals surface area contributed by atoms with E-state index in [1.54, 1.807) is 11.3 Å². The molecular formula is C18H25N3O2S. The summed E-state index contributed by atoms with van der Waals surface area (Å²) < 4.78 is 5.39. The standard InChI is InChI=1S/C18H25N3O2S/c1-20(8-7-17(22)15-5-3-2-4-6-15)14-16-13-19-18(24-16)21-9-11-23-12-10-21/h2-6,13,17,22H,7-12,14H2,1H3. The summed E-state index contributed by atoms with van der Waals surface area (Å²) in [7, 11) is 2.09. The average Bonchev–Trinajstić information content (AvgIpc) is 3.09. The van der Waals surface area contributed by atoms with Crippen LogP contribution in [0.15, 0.2) is 36.5 Å². The molecule has 5 nitrogen and oxygen atoms in total. The van der Waals surface area contributed by atoms with Crippen LogP contribution in [0.3, 0.4) is 0 Å². The second-order valence-electron chi connectivity index (χ2n) is 6.16. The van der Waals surface area contributed by atoms with Crippen molar-refractivity contribution in [3.63, 3.8) is 0 Å². The van der Waals surface area contributed by atoms with Crippen LogP contribution < -0.4 is 4.90 Å². The van der Waals surface area contributed by atoms with Crippen molar-refractivity contribution in [2.45, 2.75) is 19.1 Å². The first kappa shape index (κ1) is 17.4. The van der Waals surface area contributed by atoms with Gasteiger partial charge in [0.2, 0.25) is 0 Å². The molecule has 24 heavy (non-hydrogen) atoms. The number of ether oxygens (including phenoxy) is 1. The number of hydrogen-bond acceptors (Lipinski definition) is 6.